The summed E-state index contributed by atoms with van der Waals surface area (Å²) in [6.45, 7) is 6.71. The van der Waals surface area contributed by atoms with Gasteiger partial charge in [0.15, 0.2) is 0 Å². The molecule has 0 amide bonds. The van der Waals surface area contributed by atoms with Crippen molar-refractivity contribution in [2.45, 2.75) is 37.6 Å². The maximum Gasteiger partial charge on any atom is 0.244 e. The first kappa shape index (κ1) is 18.5. The predicted octanol–water partition coefficient (Wildman–Crippen LogP) is 2.75. The molecule has 2 rings (SSSR count). The van der Waals surface area contributed by atoms with Crippen LogP contribution in [0.1, 0.15) is 26.7 Å². The third-order valence-electron chi connectivity index (χ3n) is 4.43. The second kappa shape index (κ2) is 7.83. The zero-order chi connectivity index (χ0) is 17.0. The van der Waals surface area contributed by atoms with Crippen LogP contribution in [0.25, 0.3) is 0 Å². The van der Waals surface area contributed by atoms with E-state index in [0.29, 0.717) is 17.3 Å². The van der Waals surface area contributed by atoms with E-state index in [1.165, 1.54) is 26.0 Å². The highest BCUT2D eigenvalue weighted by atomic mass is 35.5. The number of methoxy groups -OCH3 is 1. The van der Waals surface area contributed by atoms with Gasteiger partial charge in [0.25, 0.3) is 0 Å². The van der Waals surface area contributed by atoms with Gasteiger partial charge in [0, 0.05) is 17.6 Å². The van der Waals surface area contributed by atoms with Crippen molar-refractivity contribution in [1.29, 1.82) is 0 Å². The molecular weight excluding hydrogens is 336 g/mol. The molecule has 0 saturated carbocycles. The molecule has 1 fully saturated rings. The highest BCUT2D eigenvalue weighted by Crippen LogP contribution is 2.27. The lowest BCUT2D eigenvalue weighted by atomic mass is 9.98. The Morgan fingerprint density at radius 1 is 1.39 bits per heavy atom. The van der Waals surface area contributed by atoms with E-state index in [0.717, 1.165) is 19.0 Å². The second-order valence-electron chi connectivity index (χ2n) is 6.21. The topological polar surface area (TPSA) is 58.6 Å². The first-order chi connectivity index (χ1) is 10.8. The Labute approximate surface area is 144 Å². The average molecular weight is 361 g/mol. The largest absolute Gasteiger partial charge is 0.495 e. The van der Waals surface area contributed by atoms with Gasteiger partial charge in [-0.15, -0.1) is 0 Å². The Morgan fingerprint density at radius 3 is 2.65 bits per heavy atom. The molecule has 0 aliphatic carbocycles. The minimum atomic E-state index is -3.66. The van der Waals surface area contributed by atoms with Gasteiger partial charge >= 0.3 is 0 Å². The lowest BCUT2D eigenvalue weighted by Gasteiger charge is -2.35. The number of likely N-dealkylation sites (tertiary alicyclic amines) is 1. The van der Waals surface area contributed by atoms with Crippen LogP contribution in [0.5, 0.6) is 5.75 Å². The van der Waals surface area contributed by atoms with Crippen molar-refractivity contribution in [3.8, 4) is 5.75 Å². The number of nitrogens with zero attached hydrogens (tertiary/aromatic N) is 1. The van der Waals surface area contributed by atoms with Gasteiger partial charge in [-0.05, 0) is 57.0 Å². The van der Waals surface area contributed by atoms with Gasteiger partial charge in [0.05, 0.1) is 7.11 Å². The fraction of sp³-hybridized carbons (Fsp3) is 0.625. The minimum absolute atomic E-state index is 0.0759. The van der Waals surface area contributed by atoms with Crippen molar-refractivity contribution in [2.24, 2.45) is 5.92 Å². The van der Waals surface area contributed by atoms with Crippen molar-refractivity contribution < 1.29 is 13.2 Å². The third kappa shape index (κ3) is 4.83. The number of hydrogen-bond donors (Lipinski definition) is 1. The van der Waals surface area contributed by atoms with Crippen LogP contribution < -0.4 is 9.46 Å². The Kier molecular flexibility index (Phi) is 6.31. The molecule has 5 nitrogen and oxygen atoms in total. The van der Waals surface area contributed by atoms with Crippen LogP contribution in [-0.4, -0.2) is 46.1 Å². The lowest BCUT2D eigenvalue weighted by Crippen LogP contribution is -2.45. The van der Waals surface area contributed by atoms with Gasteiger partial charge in [0.1, 0.15) is 10.6 Å². The minimum Gasteiger partial charge on any atom is -0.495 e. The third-order valence-corrected chi connectivity index (χ3v) is 6.11. The normalized spacial score (nSPS) is 18.8. The fourth-order valence-corrected chi connectivity index (χ4v) is 4.32. The molecule has 1 atom stereocenters. The molecule has 1 unspecified atom stereocenters. The van der Waals surface area contributed by atoms with E-state index in [1.54, 1.807) is 12.1 Å². The molecule has 0 aromatic heterocycles. The first-order valence-electron chi connectivity index (χ1n) is 7.90. The van der Waals surface area contributed by atoms with Crippen molar-refractivity contribution >= 4 is 21.6 Å². The number of ether oxygens (including phenoxy) is 1. The maximum absolute atomic E-state index is 12.5. The van der Waals surface area contributed by atoms with Crippen molar-refractivity contribution in [2.75, 3.05) is 26.7 Å². The molecule has 0 bridgehead atoms. The SMILES string of the molecule is COc1ccc(Cl)cc1S(=O)(=O)NCC(C)N1CCC(C)CC1. The summed E-state index contributed by atoms with van der Waals surface area (Å²) in [5.41, 5.74) is 0. The smallest absolute Gasteiger partial charge is 0.244 e. The summed E-state index contributed by atoms with van der Waals surface area (Å²) < 4.78 is 32.9. The lowest BCUT2D eigenvalue weighted by molar-refractivity contribution is 0.148. The van der Waals surface area contributed by atoms with E-state index in [2.05, 4.69) is 16.5 Å². The Balaban J connectivity index is 2.03. The standard InChI is InChI=1S/C16H25ClN2O3S/c1-12-6-8-19(9-7-12)13(2)11-18-23(20,21)16-10-14(17)4-5-15(16)22-3/h4-5,10,12-13,18H,6-9,11H2,1-3H3. The molecule has 0 radical (unpaired) electrons. The summed E-state index contributed by atoms with van der Waals surface area (Å²) in [7, 11) is -2.21. The summed E-state index contributed by atoms with van der Waals surface area (Å²) in [4.78, 5) is 2.41. The molecule has 23 heavy (non-hydrogen) atoms. The molecule has 1 saturated heterocycles. The summed E-state index contributed by atoms with van der Waals surface area (Å²) in [6.07, 6.45) is 2.33. The van der Waals surface area contributed by atoms with Crippen molar-refractivity contribution in [3.05, 3.63) is 23.2 Å². The number of benzene rings is 1. The summed E-state index contributed by atoms with van der Waals surface area (Å²) in [5, 5.41) is 0.365. The molecular formula is C16H25ClN2O3S. The summed E-state index contributed by atoms with van der Waals surface area (Å²) in [6, 6.07) is 4.74. The van der Waals surface area contributed by atoms with Crippen LogP contribution in [0.2, 0.25) is 5.02 Å². The van der Waals surface area contributed by atoms with Crippen molar-refractivity contribution in [1.82, 2.24) is 9.62 Å². The highest BCUT2D eigenvalue weighted by molar-refractivity contribution is 7.89. The number of sulfonamides is 1. The number of rotatable bonds is 6. The Hall–Kier alpha value is -0.820. The van der Waals surface area contributed by atoms with Gasteiger partial charge in [-0.2, -0.15) is 0 Å². The zero-order valence-corrected chi connectivity index (χ0v) is 15.5. The molecule has 0 spiro atoms. The predicted molar refractivity (Wildman–Crippen MR) is 92.6 cm³/mol. The number of nitrogens with one attached hydrogen (secondary N) is 1. The molecule has 1 aromatic rings. The summed E-state index contributed by atoms with van der Waals surface area (Å²) in [5.74, 6) is 1.05. The molecule has 1 N–H and O–H groups in total. The zero-order valence-electron chi connectivity index (χ0n) is 13.9. The molecule has 7 heteroatoms. The van der Waals surface area contributed by atoms with Gasteiger partial charge in [-0.3, -0.25) is 4.90 Å². The van der Waals surface area contributed by atoms with E-state index in [-0.39, 0.29) is 10.9 Å². The molecule has 1 heterocycles. The van der Waals surface area contributed by atoms with Gasteiger partial charge < -0.3 is 4.74 Å². The van der Waals surface area contributed by atoms with E-state index in [4.69, 9.17) is 16.3 Å². The van der Waals surface area contributed by atoms with Gasteiger partial charge in [0.2, 0.25) is 10.0 Å². The first-order valence-corrected chi connectivity index (χ1v) is 9.77. The molecule has 130 valence electrons. The van der Waals surface area contributed by atoms with Crippen LogP contribution in [0, 0.1) is 5.92 Å². The Bertz CT molecular complexity index is 628. The second-order valence-corrected chi connectivity index (χ2v) is 8.39. The van der Waals surface area contributed by atoms with Crippen LogP contribution in [0.15, 0.2) is 23.1 Å². The Morgan fingerprint density at radius 2 is 2.04 bits per heavy atom. The van der Waals surface area contributed by atoms with Crippen LogP contribution >= 0.6 is 11.6 Å². The fourth-order valence-electron chi connectivity index (χ4n) is 2.77. The molecule has 1 aliphatic rings. The average Bonchev–Trinajstić information content (AvgIpc) is 2.53. The molecule has 1 aromatic carbocycles. The quantitative estimate of drug-likeness (QED) is 0.847. The monoisotopic (exact) mass is 360 g/mol. The van der Waals surface area contributed by atoms with E-state index >= 15 is 0 Å². The van der Waals surface area contributed by atoms with E-state index in [9.17, 15) is 8.42 Å². The maximum atomic E-state index is 12.5. The van der Waals surface area contributed by atoms with E-state index < -0.39 is 10.0 Å². The number of hydrogen-bond acceptors (Lipinski definition) is 4. The number of piperidine rings is 1. The molecule has 1 aliphatic heterocycles. The highest BCUT2D eigenvalue weighted by Gasteiger charge is 2.24. The van der Waals surface area contributed by atoms with Gasteiger partial charge in [-0.25, -0.2) is 13.1 Å². The van der Waals surface area contributed by atoms with Crippen molar-refractivity contribution in [3.63, 3.8) is 0 Å². The summed E-state index contributed by atoms with van der Waals surface area (Å²) >= 11 is 5.92. The van der Waals surface area contributed by atoms with Crippen LogP contribution in [0.4, 0.5) is 0 Å². The van der Waals surface area contributed by atoms with Crippen LogP contribution in [0.3, 0.4) is 0 Å². The van der Waals surface area contributed by atoms with E-state index in [1.807, 2.05) is 6.92 Å². The van der Waals surface area contributed by atoms with Gasteiger partial charge in [-0.1, -0.05) is 18.5 Å². The van der Waals surface area contributed by atoms with Crippen LogP contribution in [-0.2, 0) is 10.0 Å². The number of halogens is 1.